The first-order valence-electron chi connectivity index (χ1n) is 11.7. The molecule has 0 spiro atoms. The number of aromatic nitrogens is 3. The molecule has 0 bridgehead atoms. The molecule has 1 amide bonds. The van der Waals surface area contributed by atoms with E-state index in [4.69, 9.17) is 4.98 Å². The highest BCUT2D eigenvalue weighted by molar-refractivity contribution is 5.78. The topological polar surface area (TPSA) is 73.7 Å². The summed E-state index contributed by atoms with van der Waals surface area (Å²) in [6, 6.07) is 12.8. The standard InChI is InChI=1S/C25H31N5O2/c1-17(2)24(31)29-13-11-20-19(16-29)25(32)30-23(26-20)14-21(27-30)22-10-6-7-12-28(22)15-18-8-4-3-5-9-18/h3-5,8-9,14,17,22,27H,6-7,10-13,15-16H2,1-2H3/t22-/m1/s1. The van der Waals surface area contributed by atoms with Crippen LogP contribution in [0, 0.1) is 5.92 Å². The lowest BCUT2D eigenvalue weighted by Crippen LogP contribution is -2.41. The molecule has 1 aromatic carbocycles. The van der Waals surface area contributed by atoms with E-state index in [-0.39, 0.29) is 23.4 Å². The maximum absolute atomic E-state index is 13.3. The molecule has 1 saturated heterocycles. The normalized spacial score (nSPS) is 19.5. The molecule has 3 aromatic rings. The molecular weight excluding hydrogens is 402 g/mol. The van der Waals surface area contributed by atoms with Crippen LogP contribution in [0.15, 0.2) is 41.2 Å². The van der Waals surface area contributed by atoms with Gasteiger partial charge in [-0.2, -0.15) is 0 Å². The molecule has 2 aliphatic heterocycles. The Balaban J connectivity index is 1.46. The van der Waals surface area contributed by atoms with E-state index in [1.165, 1.54) is 18.4 Å². The van der Waals surface area contributed by atoms with Gasteiger partial charge in [0.05, 0.1) is 29.5 Å². The van der Waals surface area contributed by atoms with Gasteiger partial charge in [-0.05, 0) is 24.9 Å². The molecule has 5 rings (SSSR count). The summed E-state index contributed by atoms with van der Waals surface area (Å²) in [6.07, 6.45) is 4.06. The molecule has 1 N–H and O–H groups in total. The molecule has 2 aromatic heterocycles. The van der Waals surface area contributed by atoms with E-state index in [1.54, 1.807) is 9.42 Å². The van der Waals surface area contributed by atoms with Crippen molar-refractivity contribution in [2.75, 3.05) is 13.1 Å². The molecule has 0 radical (unpaired) electrons. The third-order valence-electron chi connectivity index (χ3n) is 6.79. The van der Waals surface area contributed by atoms with Crippen molar-refractivity contribution in [2.45, 2.75) is 58.7 Å². The van der Waals surface area contributed by atoms with E-state index in [1.807, 2.05) is 26.0 Å². The number of likely N-dealkylation sites (tertiary alicyclic amines) is 1. The quantitative estimate of drug-likeness (QED) is 0.685. The number of nitrogens with one attached hydrogen (secondary N) is 1. The highest BCUT2D eigenvalue weighted by atomic mass is 16.2. The van der Waals surface area contributed by atoms with Crippen molar-refractivity contribution in [3.63, 3.8) is 0 Å². The largest absolute Gasteiger partial charge is 0.337 e. The number of benzene rings is 1. The van der Waals surface area contributed by atoms with E-state index < -0.39 is 0 Å². The zero-order chi connectivity index (χ0) is 22.2. The van der Waals surface area contributed by atoms with Gasteiger partial charge in [-0.1, -0.05) is 50.6 Å². The number of nitrogens with zero attached hydrogens (tertiary/aromatic N) is 4. The van der Waals surface area contributed by atoms with E-state index in [9.17, 15) is 9.59 Å². The Bertz CT molecular complexity index is 1180. The monoisotopic (exact) mass is 433 g/mol. The smallest absolute Gasteiger partial charge is 0.277 e. The number of hydrogen-bond donors (Lipinski definition) is 1. The number of piperidine rings is 1. The number of carbonyl (C=O) groups excluding carboxylic acids is 1. The molecule has 0 aliphatic carbocycles. The summed E-state index contributed by atoms with van der Waals surface area (Å²) in [7, 11) is 0. The SMILES string of the molecule is CC(C)C(=O)N1CCc2nc3cc([C@H]4CCCCN4Cc4ccccc4)[nH]n3c(=O)c2C1. The Morgan fingerprint density at radius 1 is 1.19 bits per heavy atom. The minimum atomic E-state index is -0.0806. The van der Waals surface area contributed by atoms with Crippen LogP contribution >= 0.6 is 0 Å². The average Bonchev–Trinajstić information content (AvgIpc) is 3.24. The molecule has 0 saturated carbocycles. The van der Waals surface area contributed by atoms with Crippen LogP contribution in [0.25, 0.3) is 5.65 Å². The van der Waals surface area contributed by atoms with Crippen LogP contribution in [-0.4, -0.2) is 43.4 Å². The molecule has 7 nitrogen and oxygen atoms in total. The van der Waals surface area contributed by atoms with E-state index in [0.717, 1.165) is 30.9 Å². The van der Waals surface area contributed by atoms with Crippen molar-refractivity contribution in [3.8, 4) is 0 Å². The van der Waals surface area contributed by atoms with Crippen molar-refractivity contribution in [3.05, 3.63) is 69.3 Å². The van der Waals surface area contributed by atoms with Gasteiger partial charge in [-0.15, -0.1) is 0 Å². The maximum atomic E-state index is 13.3. The highest BCUT2D eigenvalue weighted by Gasteiger charge is 2.29. The fourth-order valence-corrected chi connectivity index (χ4v) is 5.07. The molecule has 2 aliphatic rings. The van der Waals surface area contributed by atoms with Crippen molar-refractivity contribution in [2.24, 2.45) is 5.92 Å². The first kappa shape index (κ1) is 20.9. The summed E-state index contributed by atoms with van der Waals surface area (Å²) in [6.45, 7) is 6.70. The summed E-state index contributed by atoms with van der Waals surface area (Å²) in [5, 5.41) is 3.36. The first-order chi connectivity index (χ1) is 15.5. The van der Waals surface area contributed by atoms with Gasteiger partial charge in [0.25, 0.3) is 5.56 Å². The Labute approximate surface area is 188 Å². The van der Waals surface area contributed by atoms with Crippen molar-refractivity contribution >= 4 is 11.6 Å². The van der Waals surface area contributed by atoms with Crippen LogP contribution in [-0.2, 0) is 24.3 Å². The van der Waals surface area contributed by atoms with Crippen molar-refractivity contribution < 1.29 is 4.79 Å². The molecule has 4 heterocycles. The minimum Gasteiger partial charge on any atom is -0.337 e. The van der Waals surface area contributed by atoms with E-state index >= 15 is 0 Å². The number of carbonyl (C=O) groups is 1. The van der Waals surface area contributed by atoms with Crippen LogP contribution < -0.4 is 5.56 Å². The summed E-state index contributed by atoms with van der Waals surface area (Å²) in [5.41, 5.74) is 4.42. The van der Waals surface area contributed by atoms with Gasteiger partial charge >= 0.3 is 0 Å². The minimum absolute atomic E-state index is 0.0741. The van der Waals surface area contributed by atoms with Gasteiger partial charge in [0, 0.05) is 31.5 Å². The highest BCUT2D eigenvalue weighted by Crippen LogP contribution is 2.32. The second kappa shape index (κ2) is 8.54. The van der Waals surface area contributed by atoms with Crippen LogP contribution in [0.4, 0.5) is 0 Å². The maximum Gasteiger partial charge on any atom is 0.277 e. The molecule has 1 atom stereocenters. The first-order valence-corrected chi connectivity index (χ1v) is 11.7. The van der Waals surface area contributed by atoms with Gasteiger partial charge in [0.2, 0.25) is 5.91 Å². The summed E-state index contributed by atoms with van der Waals surface area (Å²) < 4.78 is 1.58. The predicted molar refractivity (Wildman–Crippen MR) is 123 cm³/mol. The number of amides is 1. The molecule has 168 valence electrons. The second-order valence-electron chi connectivity index (χ2n) is 9.38. The molecular formula is C25H31N5O2. The fourth-order valence-electron chi connectivity index (χ4n) is 5.07. The number of fused-ring (bicyclic) bond motifs is 2. The Kier molecular flexibility index (Phi) is 5.59. The lowest BCUT2D eigenvalue weighted by Gasteiger charge is -2.35. The summed E-state index contributed by atoms with van der Waals surface area (Å²) in [5.74, 6) is 0.0149. The summed E-state index contributed by atoms with van der Waals surface area (Å²) >= 11 is 0. The van der Waals surface area contributed by atoms with Crippen molar-refractivity contribution in [1.29, 1.82) is 0 Å². The predicted octanol–water partition coefficient (Wildman–Crippen LogP) is 3.29. The Morgan fingerprint density at radius 3 is 2.78 bits per heavy atom. The summed E-state index contributed by atoms with van der Waals surface area (Å²) in [4.78, 5) is 34.9. The lowest BCUT2D eigenvalue weighted by atomic mass is 9.98. The van der Waals surface area contributed by atoms with Crippen molar-refractivity contribution in [1.82, 2.24) is 24.4 Å². The lowest BCUT2D eigenvalue weighted by molar-refractivity contribution is -0.135. The van der Waals surface area contributed by atoms with Gasteiger partial charge in [-0.25, -0.2) is 9.50 Å². The fraction of sp³-hybridized carbons (Fsp3) is 0.480. The van der Waals surface area contributed by atoms with Gasteiger partial charge in [-0.3, -0.25) is 19.6 Å². The van der Waals surface area contributed by atoms with Crippen LogP contribution in [0.2, 0.25) is 0 Å². The van der Waals surface area contributed by atoms with E-state index in [2.05, 4.69) is 34.3 Å². The number of H-pyrrole nitrogens is 1. The zero-order valence-corrected chi connectivity index (χ0v) is 18.9. The Morgan fingerprint density at radius 2 is 2.00 bits per heavy atom. The molecule has 1 fully saturated rings. The van der Waals surface area contributed by atoms with E-state index in [0.29, 0.717) is 30.7 Å². The second-order valence-corrected chi connectivity index (χ2v) is 9.38. The third-order valence-corrected chi connectivity index (χ3v) is 6.79. The number of rotatable bonds is 4. The Hall–Kier alpha value is -2.93. The molecule has 0 unspecified atom stereocenters. The molecule has 7 heteroatoms. The van der Waals surface area contributed by atoms with Crippen LogP contribution in [0.1, 0.15) is 61.7 Å². The third kappa shape index (κ3) is 3.86. The van der Waals surface area contributed by atoms with Gasteiger partial charge < -0.3 is 4.90 Å². The van der Waals surface area contributed by atoms with Crippen LogP contribution in [0.3, 0.4) is 0 Å². The zero-order valence-electron chi connectivity index (χ0n) is 18.9. The average molecular weight is 434 g/mol. The number of hydrogen-bond acceptors (Lipinski definition) is 4. The number of aromatic amines is 1. The molecule has 32 heavy (non-hydrogen) atoms. The van der Waals surface area contributed by atoms with Gasteiger partial charge in [0.1, 0.15) is 0 Å². The van der Waals surface area contributed by atoms with Crippen LogP contribution in [0.5, 0.6) is 0 Å². The van der Waals surface area contributed by atoms with Gasteiger partial charge in [0.15, 0.2) is 5.65 Å².